The maximum atomic E-state index is 12.7. The zero-order chi connectivity index (χ0) is 22.1. The van der Waals surface area contributed by atoms with Gasteiger partial charge in [0.1, 0.15) is 5.75 Å². The summed E-state index contributed by atoms with van der Waals surface area (Å²) in [5.41, 5.74) is 0.948. The maximum Gasteiger partial charge on any atom is 0.260 e. The zero-order valence-corrected chi connectivity index (χ0v) is 18.2. The minimum atomic E-state index is -0.0873. The van der Waals surface area contributed by atoms with Crippen LogP contribution in [0, 0.1) is 0 Å². The minimum absolute atomic E-state index is 0.0517. The van der Waals surface area contributed by atoms with Crippen LogP contribution in [0.2, 0.25) is 0 Å². The monoisotopic (exact) mass is 426 g/mol. The smallest absolute Gasteiger partial charge is 0.260 e. The zero-order valence-electron chi connectivity index (χ0n) is 18.2. The van der Waals surface area contributed by atoms with Gasteiger partial charge in [-0.2, -0.15) is 0 Å². The van der Waals surface area contributed by atoms with E-state index in [1.54, 1.807) is 18.1 Å². The second kappa shape index (κ2) is 11.2. The van der Waals surface area contributed by atoms with E-state index in [9.17, 15) is 9.59 Å². The fraction of sp³-hybridized carbons (Fsp3) is 0.417. The number of carbonyl (C=O) groups is 2. The molecule has 31 heavy (non-hydrogen) atoms. The predicted molar refractivity (Wildman–Crippen MR) is 118 cm³/mol. The van der Waals surface area contributed by atoms with Crippen LogP contribution in [0.25, 0.3) is 0 Å². The normalized spacial score (nSPS) is 14.0. The molecule has 1 saturated heterocycles. The molecule has 2 aromatic carbocycles. The van der Waals surface area contributed by atoms with Crippen molar-refractivity contribution >= 4 is 11.8 Å². The van der Waals surface area contributed by atoms with Gasteiger partial charge in [-0.05, 0) is 43.2 Å². The second-order valence-electron chi connectivity index (χ2n) is 7.31. The van der Waals surface area contributed by atoms with Crippen molar-refractivity contribution in [3.63, 3.8) is 0 Å². The fourth-order valence-corrected chi connectivity index (χ4v) is 3.52. The summed E-state index contributed by atoms with van der Waals surface area (Å²) < 4.78 is 16.4. The van der Waals surface area contributed by atoms with Gasteiger partial charge in [0, 0.05) is 26.2 Å². The number of ether oxygens (including phenoxy) is 3. The third kappa shape index (κ3) is 6.38. The van der Waals surface area contributed by atoms with Gasteiger partial charge in [0.05, 0.1) is 20.1 Å². The van der Waals surface area contributed by atoms with Gasteiger partial charge in [-0.25, -0.2) is 0 Å². The van der Waals surface area contributed by atoms with Crippen LogP contribution in [0.1, 0.15) is 18.9 Å². The third-order valence-corrected chi connectivity index (χ3v) is 5.22. The van der Waals surface area contributed by atoms with E-state index >= 15 is 0 Å². The molecule has 0 N–H and O–H groups in total. The molecule has 0 unspecified atom stereocenters. The number of nitrogens with zero attached hydrogens (tertiary/aromatic N) is 2. The third-order valence-electron chi connectivity index (χ3n) is 5.22. The van der Waals surface area contributed by atoms with Crippen LogP contribution in [0.3, 0.4) is 0 Å². The van der Waals surface area contributed by atoms with Gasteiger partial charge in [-0.1, -0.05) is 24.3 Å². The van der Waals surface area contributed by atoms with E-state index in [0.717, 1.165) is 17.7 Å². The van der Waals surface area contributed by atoms with Crippen molar-refractivity contribution in [2.24, 2.45) is 0 Å². The van der Waals surface area contributed by atoms with Crippen LogP contribution >= 0.6 is 0 Å². The van der Waals surface area contributed by atoms with Gasteiger partial charge in [0.15, 0.2) is 18.1 Å². The largest absolute Gasteiger partial charge is 0.497 e. The van der Waals surface area contributed by atoms with Gasteiger partial charge >= 0.3 is 0 Å². The molecular weight excluding hydrogens is 396 g/mol. The fourth-order valence-electron chi connectivity index (χ4n) is 3.52. The molecule has 0 aromatic heterocycles. The number of rotatable bonds is 8. The molecule has 2 amide bonds. The van der Waals surface area contributed by atoms with Gasteiger partial charge in [-0.15, -0.1) is 0 Å². The van der Waals surface area contributed by atoms with Crippen LogP contribution < -0.4 is 14.2 Å². The van der Waals surface area contributed by atoms with E-state index < -0.39 is 0 Å². The average molecular weight is 427 g/mol. The molecule has 1 aliphatic rings. The number of benzene rings is 2. The Morgan fingerprint density at radius 2 is 1.45 bits per heavy atom. The highest BCUT2D eigenvalue weighted by molar-refractivity contribution is 5.80. The van der Waals surface area contributed by atoms with Crippen LogP contribution in [-0.4, -0.2) is 68.1 Å². The van der Waals surface area contributed by atoms with Gasteiger partial charge in [0.25, 0.3) is 5.91 Å². The van der Waals surface area contributed by atoms with Crippen molar-refractivity contribution in [2.45, 2.75) is 19.8 Å². The van der Waals surface area contributed by atoms with Gasteiger partial charge in [-0.3, -0.25) is 9.59 Å². The Balaban J connectivity index is 1.49. The molecule has 0 radical (unpaired) electrons. The van der Waals surface area contributed by atoms with E-state index in [2.05, 4.69) is 0 Å². The van der Waals surface area contributed by atoms with Crippen LogP contribution in [0.15, 0.2) is 48.5 Å². The molecule has 1 heterocycles. The summed E-state index contributed by atoms with van der Waals surface area (Å²) in [6.45, 7) is 4.67. The lowest BCUT2D eigenvalue weighted by atomic mass is 10.1. The highest BCUT2D eigenvalue weighted by Gasteiger charge is 2.22. The summed E-state index contributed by atoms with van der Waals surface area (Å²) in [7, 11) is 1.62. The van der Waals surface area contributed by atoms with E-state index in [0.29, 0.717) is 50.7 Å². The lowest BCUT2D eigenvalue weighted by Gasteiger charge is -2.22. The molecule has 1 aliphatic heterocycles. The maximum absolute atomic E-state index is 12.7. The Bertz CT molecular complexity index is 869. The summed E-state index contributed by atoms with van der Waals surface area (Å²) in [4.78, 5) is 29.0. The minimum Gasteiger partial charge on any atom is -0.497 e. The van der Waals surface area contributed by atoms with Crippen molar-refractivity contribution in [3.05, 3.63) is 54.1 Å². The molecule has 0 aliphatic carbocycles. The lowest BCUT2D eigenvalue weighted by molar-refractivity contribution is -0.134. The quantitative estimate of drug-likeness (QED) is 0.649. The van der Waals surface area contributed by atoms with E-state index in [1.165, 1.54) is 0 Å². The Morgan fingerprint density at radius 3 is 2.06 bits per heavy atom. The SMILES string of the molecule is CCOc1ccccc1OCC(=O)N1CCCN(C(=O)Cc2ccc(OC)cc2)CC1. The van der Waals surface area contributed by atoms with Crippen molar-refractivity contribution in [2.75, 3.05) is 46.5 Å². The summed E-state index contributed by atoms with van der Waals surface area (Å²) in [6, 6.07) is 14.8. The number of hydrogen-bond acceptors (Lipinski definition) is 5. The summed E-state index contributed by atoms with van der Waals surface area (Å²) in [5, 5.41) is 0. The van der Waals surface area contributed by atoms with Crippen LogP contribution in [0.5, 0.6) is 17.2 Å². The van der Waals surface area contributed by atoms with Crippen molar-refractivity contribution < 1.29 is 23.8 Å². The molecule has 0 atom stereocenters. The Labute approximate surface area is 183 Å². The first-order valence-corrected chi connectivity index (χ1v) is 10.6. The Kier molecular flexibility index (Phi) is 8.15. The second-order valence-corrected chi connectivity index (χ2v) is 7.31. The molecule has 0 saturated carbocycles. The van der Waals surface area contributed by atoms with Crippen LogP contribution in [-0.2, 0) is 16.0 Å². The molecule has 1 fully saturated rings. The number of amides is 2. The van der Waals surface area contributed by atoms with Crippen molar-refractivity contribution in [1.29, 1.82) is 0 Å². The van der Waals surface area contributed by atoms with Gasteiger partial charge < -0.3 is 24.0 Å². The molecular formula is C24H30N2O5. The number of methoxy groups -OCH3 is 1. The number of carbonyl (C=O) groups excluding carboxylic acids is 2. The molecule has 7 nitrogen and oxygen atoms in total. The van der Waals surface area contributed by atoms with Crippen molar-refractivity contribution in [1.82, 2.24) is 9.80 Å². The summed E-state index contributed by atoms with van der Waals surface area (Å²) >= 11 is 0. The first-order valence-electron chi connectivity index (χ1n) is 10.6. The highest BCUT2D eigenvalue weighted by Crippen LogP contribution is 2.26. The summed E-state index contributed by atoms with van der Waals surface area (Å²) in [6.07, 6.45) is 1.09. The number of para-hydroxylation sites is 2. The first kappa shape index (κ1) is 22.5. The standard InChI is InChI=1S/C24H30N2O5/c1-3-30-21-7-4-5-8-22(21)31-18-24(28)26-14-6-13-25(15-16-26)23(27)17-19-9-11-20(29-2)12-10-19/h4-5,7-12H,3,6,13-18H2,1-2H3. The molecule has 3 rings (SSSR count). The molecule has 7 heteroatoms. The first-order chi connectivity index (χ1) is 15.1. The molecule has 166 valence electrons. The number of hydrogen-bond donors (Lipinski definition) is 0. The van der Waals surface area contributed by atoms with E-state index in [1.807, 2.05) is 54.3 Å². The highest BCUT2D eigenvalue weighted by atomic mass is 16.5. The van der Waals surface area contributed by atoms with Crippen LogP contribution in [0.4, 0.5) is 0 Å². The Morgan fingerprint density at radius 1 is 0.839 bits per heavy atom. The van der Waals surface area contributed by atoms with Gasteiger partial charge in [0.2, 0.25) is 5.91 Å². The van der Waals surface area contributed by atoms with E-state index in [-0.39, 0.29) is 18.4 Å². The summed E-state index contributed by atoms with van der Waals surface area (Å²) in [5.74, 6) is 1.94. The predicted octanol–water partition coefficient (Wildman–Crippen LogP) is 2.78. The molecule has 0 bridgehead atoms. The van der Waals surface area contributed by atoms with Crippen molar-refractivity contribution in [3.8, 4) is 17.2 Å². The topological polar surface area (TPSA) is 68.3 Å². The molecule has 2 aromatic rings. The Hall–Kier alpha value is -3.22. The van der Waals surface area contributed by atoms with E-state index in [4.69, 9.17) is 14.2 Å². The molecule has 0 spiro atoms. The average Bonchev–Trinajstić information content (AvgIpc) is 3.05. The lowest BCUT2D eigenvalue weighted by Crippen LogP contribution is -2.39.